The van der Waals surface area contributed by atoms with Gasteiger partial charge in [-0.05, 0) is 55.5 Å². The maximum atomic E-state index is 12.2. The average Bonchev–Trinajstić information content (AvgIpc) is 3.16. The van der Waals surface area contributed by atoms with Gasteiger partial charge < -0.3 is 9.64 Å². The fraction of sp³-hybridized carbons (Fsp3) is 0.400. The summed E-state index contributed by atoms with van der Waals surface area (Å²) in [5, 5.41) is 10.0. The van der Waals surface area contributed by atoms with Gasteiger partial charge in [-0.25, -0.2) is 0 Å². The number of carbonyl (C=O) groups excluding carboxylic acids is 1. The summed E-state index contributed by atoms with van der Waals surface area (Å²) >= 11 is 1.68. The van der Waals surface area contributed by atoms with Crippen molar-refractivity contribution in [1.82, 2.24) is 14.8 Å². The Hall–Kier alpha value is -2.64. The summed E-state index contributed by atoms with van der Waals surface area (Å²) in [6.45, 7) is 11.6. The van der Waals surface area contributed by atoms with Crippen LogP contribution in [0, 0.1) is 20.8 Å². The Bertz CT molecular complexity index is 1100. The van der Waals surface area contributed by atoms with Crippen LogP contribution in [-0.4, -0.2) is 46.9 Å². The van der Waals surface area contributed by atoms with E-state index in [0.717, 1.165) is 46.6 Å². The van der Waals surface area contributed by atoms with Gasteiger partial charge in [-0.15, -0.1) is 10.2 Å². The van der Waals surface area contributed by atoms with Gasteiger partial charge in [-0.3, -0.25) is 9.36 Å². The highest BCUT2D eigenvalue weighted by Crippen LogP contribution is 2.31. The molecule has 0 radical (unpaired) electrons. The number of hydrogen-bond acceptors (Lipinski definition) is 6. The first kappa shape index (κ1) is 22.6. The van der Waals surface area contributed by atoms with E-state index in [4.69, 9.17) is 4.74 Å². The summed E-state index contributed by atoms with van der Waals surface area (Å²) < 4.78 is 7.73. The van der Waals surface area contributed by atoms with Crippen molar-refractivity contribution >= 4 is 23.5 Å². The van der Waals surface area contributed by atoms with E-state index < -0.39 is 0 Å². The highest BCUT2D eigenvalue weighted by atomic mass is 32.2. The molecule has 0 spiro atoms. The molecule has 6 nitrogen and oxygen atoms in total. The van der Waals surface area contributed by atoms with Crippen LogP contribution in [0.4, 0.5) is 5.95 Å². The third-order valence-corrected chi connectivity index (χ3v) is 7.00. The van der Waals surface area contributed by atoms with Crippen molar-refractivity contribution in [2.75, 3.05) is 31.2 Å². The summed E-state index contributed by atoms with van der Waals surface area (Å²) in [7, 11) is 0. The molecule has 0 atom stereocenters. The number of aryl methyl sites for hydroxylation is 2. The fourth-order valence-electron chi connectivity index (χ4n) is 4.42. The number of hydrogen-bond donors (Lipinski definition) is 0. The molecule has 4 rings (SSSR count). The van der Waals surface area contributed by atoms with E-state index in [1.165, 1.54) is 16.7 Å². The zero-order valence-corrected chi connectivity index (χ0v) is 20.0. The zero-order chi connectivity index (χ0) is 22.7. The number of ether oxygens (including phenoxy) is 1. The molecule has 7 heteroatoms. The van der Waals surface area contributed by atoms with Crippen molar-refractivity contribution in [3.05, 3.63) is 69.8 Å². The van der Waals surface area contributed by atoms with Gasteiger partial charge in [0.2, 0.25) is 5.95 Å². The van der Waals surface area contributed by atoms with Gasteiger partial charge in [0.25, 0.3) is 0 Å². The molecule has 2 aromatic carbocycles. The molecule has 0 saturated carbocycles. The predicted octanol–water partition coefficient (Wildman–Crippen LogP) is 4.58. The SMILES string of the molecule is CC(=O)c1c(C)cc(C)c(CSc2nnc(N3CCOCC3)n2Cc2ccccc2)c1C. The van der Waals surface area contributed by atoms with E-state index in [-0.39, 0.29) is 5.78 Å². The monoisotopic (exact) mass is 450 g/mol. The number of thioether (sulfide) groups is 1. The van der Waals surface area contributed by atoms with E-state index in [9.17, 15) is 4.79 Å². The number of anilines is 1. The second-order valence-corrected chi connectivity index (χ2v) is 9.23. The zero-order valence-electron chi connectivity index (χ0n) is 19.2. The smallest absolute Gasteiger partial charge is 0.228 e. The van der Waals surface area contributed by atoms with Gasteiger partial charge in [0, 0.05) is 24.4 Å². The molecular formula is C25H30N4O2S. The van der Waals surface area contributed by atoms with Gasteiger partial charge in [-0.2, -0.15) is 0 Å². The van der Waals surface area contributed by atoms with E-state index in [1.807, 2.05) is 13.0 Å². The lowest BCUT2D eigenvalue weighted by Gasteiger charge is -2.28. The third-order valence-electron chi connectivity index (χ3n) is 6.00. The molecule has 0 unspecified atom stereocenters. The van der Waals surface area contributed by atoms with Crippen LogP contribution < -0.4 is 4.90 Å². The predicted molar refractivity (Wildman–Crippen MR) is 129 cm³/mol. The maximum absolute atomic E-state index is 12.2. The first-order valence-electron chi connectivity index (χ1n) is 11.0. The number of morpholine rings is 1. The van der Waals surface area contributed by atoms with E-state index >= 15 is 0 Å². The van der Waals surface area contributed by atoms with Crippen LogP contribution in [0.5, 0.6) is 0 Å². The van der Waals surface area contributed by atoms with Crippen LogP contribution in [0.2, 0.25) is 0 Å². The molecule has 1 aromatic heterocycles. The molecule has 168 valence electrons. The van der Waals surface area contributed by atoms with E-state index in [0.29, 0.717) is 19.8 Å². The number of rotatable bonds is 7. The number of carbonyl (C=O) groups is 1. The van der Waals surface area contributed by atoms with Gasteiger partial charge in [0.05, 0.1) is 19.8 Å². The van der Waals surface area contributed by atoms with Crippen LogP contribution in [-0.2, 0) is 17.0 Å². The second kappa shape index (κ2) is 9.88. The van der Waals surface area contributed by atoms with Crippen LogP contribution in [0.15, 0.2) is 41.6 Å². The lowest BCUT2D eigenvalue weighted by molar-refractivity contribution is 0.101. The number of nitrogens with zero attached hydrogens (tertiary/aromatic N) is 4. The highest BCUT2D eigenvalue weighted by molar-refractivity contribution is 7.98. The first-order valence-corrected chi connectivity index (χ1v) is 12.0. The van der Waals surface area contributed by atoms with Crippen molar-refractivity contribution < 1.29 is 9.53 Å². The van der Waals surface area contributed by atoms with E-state index in [1.54, 1.807) is 18.7 Å². The molecule has 1 saturated heterocycles. The Balaban J connectivity index is 1.65. The molecule has 32 heavy (non-hydrogen) atoms. The topological polar surface area (TPSA) is 60.3 Å². The number of Topliss-reactive ketones (excluding diaryl/α,β-unsaturated/α-hetero) is 1. The third kappa shape index (κ3) is 4.74. The highest BCUT2D eigenvalue weighted by Gasteiger charge is 2.22. The summed E-state index contributed by atoms with van der Waals surface area (Å²) in [5.41, 5.74) is 6.58. The lowest BCUT2D eigenvalue weighted by atomic mass is 9.92. The Morgan fingerprint density at radius 2 is 1.78 bits per heavy atom. The van der Waals surface area contributed by atoms with Crippen LogP contribution in [0.3, 0.4) is 0 Å². The van der Waals surface area contributed by atoms with Crippen LogP contribution in [0.25, 0.3) is 0 Å². The summed E-state index contributed by atoms with van der Waals surface area (Å²) in [4.78, 5) is 14.5. The quantitative estimate of drug-likeness (QED) is 0.388. The molecule has 0 amide bonds. The average molecular weight is 451 g/mol. The van der Waals surface area contributed by atoms with Gasteiger partial charge in [0.1, 0.15) is 0 Å². The fourth-order valence-corrected chi connectivity index (χ4v) is 5.53. The van der Waals surface area contributed by atoms with Crippen molar-refractivity contribution in [2.24, 2.45) is 0 Å². The Morgan fingerprint density at radius 3 is 2.47 bits per heavy atom. The second-order valence-electron chi connectivity index (χ2n) is 8.29. The van der Waals surface area contributed by atoms with Gasteiger partial charge in [-0.1, -0.05) is 48.2 Å². The number of benzene rings is 2. The summed E-state index contributed by atoms with van der Waals surface area (Å²) in [6.07, 6.45) is 0. The Morgan fingerprint density at radius 1 is 1.06 bits per heavy atom. The number of aromatic nitrogens is 3. The van der Waals surface area contributed by atoms with Crippen molar-refractivity contribution in [3.8, 4) is 0 Å². The molecule has 1 fully saturated rings. The Kier molecular flexibility index (Phi) is 6.96. The minimum Gasteiger partial charge on any atom is -0.378 e. The summed E-state index contributed by atoms with van der Waals surface area (Å²) in [5.74, 6) is 1.75. The molecule has 2 heterocycles. The first-order chi connectivity index (χ1) is 15.5. The molecular weight excluding hydrogens is 420 g/mol. The molecule has 1 aliphatic rings. The van der Waals surface area contributed by atoms with Crippen LogP contribution in [0.1, 0.15) is 45.1 Å². The van der Waals surface area contributed by atoms with Crippen molar-refractivity contribution in [2.45, 2.75) is 45.1 Å². The standard InChI is InChI=1S/C25H30N4O2S/c1-17-14-18(2)23(20(4)30)19(3)22(17)16-32-25-27-26-24(28-10-12-31-13-11-28)29(25)15-21-8-6-5-7-9-21/h5-9,14H,10-13,15-16H2,1-4H3. The van der Waals surface area contributed by atoms with Crippen molar-refractivity contribution in [1.29, 1.82) is 0 Å². The lowest BCUT2D eigenvalue weighted by Crippen LogP contribution is -2.38. The van der Waals surface area contributed by atoms with Crippen LogP contribution >= 0.6 is 11.8 Å². The molecule has 1 aliphatic heterocycles. The van der Waals surface area contributed by atoms with E-state index in [2.05, 4.69) is 63.8 Å². The Labute approximate surface area is 194 Å². The molecule has 0 N–H and O–H groups in total. The normalized spacial score (nSPS) is 14.1. The number of ketones is 1. The van der Waals surface area contributed by atoms with Gasteiger partial charge in [0.15, 0.2) is 10.9 Å². The minimum absolute atomic E-state index is 0.119. The molecule has 3 aromatic rings. The maximum Gasteiger partial charge on any atom is 0.228 e. The molecule has 0 bridgehead atoms. The minimum atomic E-state index is 0.119. The van der Waals surface area contributed by atoms with Gasteiger partial charge >= 0.3 is 0 Å². The summed E-state index contributed by atoms with van der Waals surface area (Å²) in [6, 6.07) is 12.5. The van der Waals surface area contributed by atoms with Crippen molar-refractivity contribution in [3.63, 3.8) is 0 Å². The largest absolute Gasteiger partial charge is 0.378 e. The molecule has 0 aliphatic carbocycles.